The summed E-state index contributed by atoms with van der Waals surface area (Å²) >= 11 is 0. The molecule has 0 saturated carbocycles. The van der Waals surface area contributed by atoms with Gasteiger partial charge in [0, 0.05) is 12.1 Å². The molecule has 3 nitrogen and oxygen atoms in total. The van der Waals surface area contributed by atoms with E-state index in [1.807, 2.05) is 37.3 Å². The number of carbonyl (C=O) groups excluding carboxylic acids is 1. The molecule has 1 aliphatic rings. The summed E-state index contributed by atoms with van der Waals surface area (Å²) < 4.78 is 0. The molecule has 0 radical (unpaired) electrons. The third-order valence-electron chi connectivity index (χ3n) is 3.66. The number of amides is 1. The molecule has 1 saturated heterocycles. The summed E-state index contributed by atoms with van der Waals surface area (Å²) in [5.41, 5.74) is 1.08. The predicted molar refractivity (Wildman–Crippen MR) is 73.5 cm³/mol. The molecular weight excluding hydrogens is 224 g/mol. The van der Waals surface area contributed by atoms with E-state index >= 15 is 0 Å². The molecule has 1 heterocycles. The highest BCUT2D eigenvalue weighted by atomic mass is 16.1. The van der Waals surface area contributed by atoms with Gasteiger partial charge in [0.05, 0.1) is 5.92 Å². The summed E-state index contributed by atoms with van der Waals surface area (Å²) in [7, 11) is 0. The van der Waals surface area contributed by atoms with Crippen molar-refractivity contribution in [2.24, 2.45) is 0 Å². The molecule has 3 unspecified atom stereocenters. The third kappa shape index (κ3) is 3.33. The average Bonchev–Trinajstić information content (AvgIpc) is 2.39. The minimum atomic E-state index is -0.0728. The maximum atomic E-state index is 12.2. The van der Waals surface area contributed by atoms with Crippen LogP contribution in [-0.4, -0.2) is 24.5 Å². The molecule has 1 amide bonds. The molecule has 0 bridgehead atoms. The van der Waals surface area contributed by atoms with Crippen molar-refractivity contribution >= 4 is 5.91 Å². The van der Waals surface area contributed by atoms with Crippen molar-refractivity contribution in [2.45, 2.75) is 44.7 Å². The zero-order valence-electron chi connectivity index (χ0n) is 11.1. The number of nitrogens with one attached hydrogen (secondary N) is 2. The topological polar surface area (TPSA) is 41.1 Å². The molecule has 18 heavy (non-hydrogen) atoms. The van der Waals surface area contributed by atoms with E-state index in [0.29, 0.717) is 12.1 Å². The van der Waals surface area contributed by atoms with Crippen LogP contribution in [0.25, 0.3) is 0 Å². The molecule has 3 heteroatoms. The van der Waals surface area contributed by atoms with Crippen LogP contribution in [0.15, 0.2) is 30.3 Å². The third-order valence-corrected chi connectivity index (χ3v) is 3.66. The normalized spacial score (nSPS) is 25.4. The monoisotopic (exact) mass is 246 g/mol. The van der Waals surface area contributed by atoms with Crippen molar-refractivity contribution in [1.29, 1.82) is 0 Å². The summed E-state index contributed by atoms with van der Waals surface area (Å²) in [6, 6.07) is 10.8. The SMILES string of the molecule is CC1CC(NC(=O)C(C)c2ccccc2)CCN1. The lowest BCUT2D eigenvalue weighted by molar-refractivity contribution is -0.123. The lowest BCUT2D eigenvalue weighted by Crippen LogP contribution is -2.47. The van der Waals surface area contributed by atoms with Crippen LogP contribution in [0.1, 0.15) is 38.2 Å². The summed E-state index contributed by atoms with van der Waals surface area (Å²) in [6.07, 6.45) is 2.05. The average molecular weight is 246 g/mol. The van der Waals surface area contributed by atoms with Crippen LogP contribution in [0.2, 0.25) is 0 Å². The lowest BCUT2D eigenvalue weighted by Gasteiger charge is -2.29. The first-order chi connectivity index (χ1) is 8.66. The molecule has 2 N–H and O–H groups in total. The molecule has 98 valence electrons. The van der Waals surface area contributed by atoms with E-state index in [2.05, 4.69) is 17.6 Å². The molecular formula is C15H22N2O. The van der Waals surface area contributed by atoms with E-state index in [1.165, 1.54) is 0 Å². The highest BCUT2D eigenvalue weighted by Gasteiger charge is 2.22. The van der Waals surface area contributed by atoms with Crippen LogP contribution in [0.4, 0.5) is 0 Å². The molecule has 0 aromatic heterocycles. The van der Waals surface area contributed by atoms with Gasteiger partial charge in [-0.25, -0.2) is 0 Å². The van der Waals surface area contributed by atoms with Gasteiger partial charge in [-0.2, -0.15) is 0 Å². The molecule has 2 rings (SSSR count). The lowest BCUT2D eigenvalue weighted by atomic mass is 9.97. The molecule has 3 atom stereocenters. The van der Waals surface area contributed by atoms with Crippen LogP contribution in [-0.2, 0) is 4.79 Å². The fourth-order valence-electron chi connectivity index (χ4n) is 2.48. The summed E-state index contributed by atoms with van der Waals surface area (Å²) in [5, 5.41) is 6.56. The van der Waals surface area contributed by atoms with E-state index in [1.54, 1.807) is 0 Å². The van der Waals surface area contributed by atoms with Gasteiger partial charge in [0.2, 0.25) is 5.91 Å². The number of rotatable bonds is 3. The van der Waals surface area contributed by atoms with Gasteiger partial charge >= 0.3 is 0 Å². The van der Waals surface area contributed by atoms with Gasteiger partial charge in [-0.3, -0.25) is 4.79 Å². The van der Waals surface area contributed by atoms with Crippen molar-refractivity contribution in [1.82, 2.24) is 10.6 Å². The Hall–Kier alpha value is -1.35. The summed E-state index contributed by atoms with van der Waals surface area (Å²) in [5.74, 6) is 0.0664. The van der Waals surface area contributed by atoms with Gasteiger partial charge in [0.15, 0.2) is 0 Å². The minimum Gasteiger partial charge on any atom is -0.353 e. The van der Waals surface area contributed by atoms with Crippen LogP contribution >= 0.6 is 0 Å². The Kier molecular flexibility index (Phi) is 4.37. The Morgan fingerprint density at radius 1 is 1.39 bits per heavy atom. The standard InChI is InChI=1S/C15H22N2O/c1-11-10-14(8-9-16-11)17-15(18)12(2)13-6-4-3-5-7-13/h3-7,11-12,14,16H,8-10H2,1-2H3,(H,17,18). The Labute approximate surface area is 109 Å². The molecule has 1 fully saturated rings. The number of carbonyl (C=O) groups is 1. The quantitative estimate of drug-likeness (QED) is 0.857. The molecule has 1 aromatic carbocycles. The van der Waals surface area contributed by atoms with Crippen LogP contribution in [0.3, 0.4) is 0 Å². The van der Waals surface area contributed by atoms with E-state index in [9.17, 15) is 4.79 Å². The van der Waals surface area contributed by atoms with Gasteiger partial charge in [-0.1, -0.05) is 30.3 Å². The first-order valence-corrected chi connectivity index (χ1v) is 6.75. The van der Waals surface area contributed by atoms with Crippen molar-refractivity contribution in [3.63, 3.8) is 0 Å². The number of hydrogen-bond acceptors (Lipinski definition) is 2. The van der Waals surface area contributed by atoms with Gasteiger partial charge in [-0.05, 0) is 38.8 Å². The van der Waals surface area contributed by atoms with Gasteiger partial charge in [0.25, 0.3) is 0 Å². The second kappa shape index (κ2) is 6.01. The van der Waals surface area contributed by atoms with Crippen molar-refractivity contribution in [2.75, 3.05) is 6.54 Å². The van der Waals surface area contributed by atoms with Crippen LogP contribution in [0.5, 0.6) is 0 Å². The Morgan fingerprint density at radius 3 is 2.78 bits per heavy atom. The van der Waals surface area contributed by atoms with Gasteiger partial charge in [-0.15, -0.1) is 0 Å². The zero-order valence-corrected chi connectivity index (χ0v) is 11.1. The van der Waals surface area contributed by atoms with Crippen molar-refractivity contribution in [3.05, 3.63) is 35.9 Å². The van der Waals surface area contributed by atoms with E-state index in [4.69, 9.17) is 0 Å². The first kappa shape index (κ1) is 13.1. The maximum Gasteiger partial charge on any atom is 0.227 e. The molecule has 1 aromatic rings. The van der Waals surface area contributed by atoms with E-state index < -0.39 is 0 Å². The van der Waals surface area contributed by atoms with Crippen molar-refractivity contribution in [3.8, 4) is 0 Å². The van der Waals surface area contributed by atoms with Crippen LogP contribution in [0, 0.1) is 0 Å². The Morgan fingerprint density at radius 2 is 2.11 bits per heavy atom. The molecule has 1 aliphatic heterocycles. The number of piperidine rings is 1. The minimum absolute atomic E-state index is 0.0728. The predicted octanol–water partition coefficient (Wildman–Crippen LogP) is 2.05. The van der Waals surface area contributed by atoms with E-state index in [-0.39, 0.29) is 11.8 Å². The van der Waals surface area contributed by atoms with E-state index in [0.717, 1.165) is 24.9 Å². The summed E-state index contributed by atoms with van der Waals surface area (Å²) in [4.78, 5) is 12.2. The largest absolute Gasteiger partial charge is 0.353 e. The first-order valence-electron chi connectivity index (χ1n) is 6.75. The highest BCUT2D eigenvalue weighted by Crippen LogP contribution is 2.16. The molecule has 0 spiro atoms. The highest BCUT2D eigenvalue weighted by molar-refractivity contribution is 5.83. The Bertz CT molecular complexity index is 391. The Balaban J connectivity index is 1.91. The smallest absolute Gasteiger partial charge is 0.227 e. The van der Waals surface area contributed by atoms with Crippen LogP contribution < -0.4 is 10.6 Å². The fourth-order valence-corrected chi connectivity index (χ4v) is 2.48. The van der Waals surface area contributed by atoms with Gasteiger partial charge in [0.1, 0.15) is 0 Å². The second-order valence-corrected chi connectivity index (χ2v) is 5.22. The number of benzene rings is 1. The zero-order chi connectivity index (χ0) is 13.0. The van der Waals surface area contributed by atoms with Crippen molar-refractivity contribution < 1.29 is 4.79 Å². The number of hydrogen-bond donors (Lipinski definition) is 2. The maximum absolute atomic E-state index is 12.2. The summed E-state index contributed by atoms with van der Waals surface area (Å²) in [6.45, 7) is 5.12. The van der Waals surface area contributed by atoms with Gasteiger partial charge < -0.3 is 10.6 Å². The second-order valence-electron chi connectivity index (χ2n) is 5.22. The molecule has 0 aliphatic carbocycles. The fraction of sp³-hybridized carbons (Fsp3) is 0.533.